The van der Waals surface area contributed by atoms with Crippen LogP contribution in [0.4, 0.5) is 18.0 Å². The molecule has 1 aromatic carbocycles. The van der Waals surface area contributed by atoms with Gasteiger partial charge in [0, 0.05) is 13.0 Å². The van der Waals surface area contributed by atoms with Gasteiger partial charge in [-0.2, -0.15) is 13.2 Å². The fourth-order valence-electron chi connectivity index (χ4n) is 1.79. The van der Waals surface area contributed by atoms with Crippen LogP contribution in [0.3, 0.4) is 0 Å². The van der Waals surface area contributed by atoms with Crippen molar-refractivity contribution >= 4 is 12.0 Å². The molecule has 4 nitrogen and oxygen atoms in total. The van der Waals surface area contributed by atoms with E-state index in [9.17, 15) is 22.8 Å². The second kappa shape index (κ2) is 8.41. The lowest BCUT2D eigenvalue weighted by molar-refractivity contribution is -0.148. The predicted molar refractivity (Wildman–Crippen MR) is 74.2 cm³/mol. The smallest absolute Gasteiger partial charge is 0.416 e. The summed E-state index contributed by atoms with van der Waals surface area (Å²) in [6, 6.07) is 9.04. The van der Waals surface area contributed by atoms with Crippen LogP contribution in [0.25, 0.3) is 0 Å². The summed E-state index contributed by atoms with van der Waals surface area (Å²) in [4.78, 5) is 24.3. The van der Waals surface area contributed by atoms with Gasteiger partial charge in [0.15, 0.2) is 0 Å². The third-order valence-corrected chi connectivity index (χ3v) is 2.88. The number of ether oxygens (including phenoxy) is 1. The normalized spacial score (nSPS) is 11.1. The van der Waals surface area contributed by atoms with Gasteiger partial charge < -0.3 is 4.74 Å². The topological polar surface area (TPSA) is 46.6 Å². The fourth-order valence-corrected chi connectivity index (χ4v) is 1.79. The van der Waals surface area contributed by atoms with Crippen molar-refractivity contribution in [2.75, 3.05) is 13.2 Å². The van der Waals surface area contributed by atoms with E-state index >= 15 is 0 Å². The molecule has 0 saturated carbocycles. The maximum atomic E-state index is 12.2. The number of benzene rings is 1. The minimum Gasteiger partial charge on any atom is -0.449 e. The molecule has 0 atom stereocenters. The Kier molecular flexibility index (Phi) is 6.88. The lowest BCUT2D eigenvalue weighted by Gasteiger charge is -2.20. The Morgan fingerprint density at radius 2 is 1.82 bits per heavy atom. The van der Waals surface area contributed by atoms with Crippen LogP contribution < -0.4 is 0 Å². The van der Waals surface area contributed by atoms with E-state index in [2.05, 4.69) is 0 Å². The number of nitrogens with zero attached hydrogens (tertiary/aromatic N) is 1. The molecule has 0 fully saturated rings. The SMILES string of the molecule is CCOC(=O)N(CCc1ccccc1)C(=O)CCC(F)(F)F. The van der Waals surface area contributed by atoms with E-state index in [4.69, 9.17) is 4.74 Å². The van der Waals surface area contributed by atoms with E-state index in [0.29, 0.717) is 6.42 Å². The molecule has 22 heavy (non-hydrogen) atoms. The minimum absolute atomic E-state index is 0.0143. The van der Waals surface area contributed by atoms with Gasteiger partial charge in [-0.05, 0) is 18.9 Å². The molecule has 2 amide bonds. The molecule has 1 aromatic rings. The van der Waals surface area contributed by atoms with Crippen molar-refractivity contribution in [2.24, 2.45) is 0 Å². The third-order valence-electron chi connectivity index (χ3n) is 2.88. The van der Waals surface area contributed by atoms with Gasteiger partial charge in [0.1, 0.15) is 0 Å². The summed E-state index contributed by atoms with van der Waals surface area (Å²) in [6.07, 6.45) is -7.01. The quantitative estimate of drug-likeness (QED) is 0.806. The van der Waals surface area contributed by atoms with Gasteiger partial charge in [0.2, 0.25) is 5.91 Å². The van der Waals surface area contributed by atoms with E-state index < -0.39 is 31.0 Å². The Hall–Kier alpha value is -2.05. The molecule has 0 aromatic heterocycles. The number of hydrogen-bond acceptors (Lipinski definition) is 3. The molecule has 0 aliphatic heterocycles. The highest BCUT2D eigenvalue weighted by atomic mass is 19.4. The lowest BCUT2D eigenvalue weighted by atomic mass is 10.1. The average molecular weight is 317 g/mol. The molecule has 0 heterocycles. The van der Waals surface area contributed by atoms with Crippen LogP contribution in [0, 0.1) is 0 Å². The Morgan fingerprint density at radius 1 is 1.18 bits per heavy atom. The average Bonchev–Trinajstić information content (AvgIpc) is 2.46. The number of halogens is 3. The zero-order valence-corrected chi connectivity index (χ0v) is 12.2. The molecule has 0 unspecified atom stereocenters. The fraction of sp³-hybridized carbons (Fsp3) is 0.467. The first-order chi connectivity index (χ1) is 10.3. The second-order valence-corrected chi connectivity index (χ2v) is 4.60. The van der Waals surface area contributed by atoms with Crippen molar-refractivity contribution < 1.29 is 27.5 Å². The predicted octanol–water partition coefficient (Wildman–Crippen LogP) is 3.56. The first kappa shape index (κ1) is 18.0. The van der Waals surface area contributed by atoms with Crippen LogP contribution in [0.1, 0.15) is 25.3 Å². The Labute approximate surface area is 126 Å². The van der Waals surface area contributed by atoms with E-state index in [1.54, 1.807) is 19.1 Å². The van der Waals surface area contributed by atoms with Crippen LogP contribution in [-0.2, 0) is 16.0 Å². The van der Waals surface area contributed by atoms with Crippen molar-refractivity contribution in [3.8, 4) is 0 Å². The maximum absolute atomic E-state index is 12.2. The van der Waals surface area contributed by atoms with Gasteiger partial charge in [-0.3, -0.25) is 4.79 Å². The van der Waals surface area contributed by atoms with Crippen molar-refractivity contribution in [1.29, 1.82) is 0 Å². The Balaban J connectivity index is 2.67. The highest BCUT2D eigenvalue weighted by Gasteiger charge is 2.31. The molecule has 0 N–H and O–H groups in total. The summed E-state index contributed by atoms with van der Waals surface area (Å²) in [7, 11) is 0. The van der Waals surface area contributed by atoms with Crippen molar-refractivity contribution in [1.82, 2.24) is 4.90 Å². The summed E-state index contributed by atoms with van der Waals surface area (Å²) in [5.41, 5.74) is 0.875. The monoisotopic (exact) mass is 317 g/mol. The first-order valence-corrected chi connectivity index (χ1v) is 6.91. The van der Waals surface area contributed by atoms with E-state index in [-0.39, 0.29) is 13.2 Å². The summed E-state index contributed by atoms with van der Waals surface area (Å²) >= 11 is 0. The van der Waals surface area contributed by atoms with E-state index in [0.717, 1.165) is 10.5 Å². The molecule has 0 spiro atoms. The number of alkyl halides is 3. The van der Waals surface area contributed by atoms with Gasteiger partial charge in [-0.15, -0.1) is 0 Å². The molecule has 0 radical (unpaired) electrons. The van der Waals surface area contributed by atoms with Crippen LogP contribution in [0.5, 0.6) is 0 Å². The molecule has 7 heteroatoms. The van der Waals surface area contributed by atoms with Gasteiger partial charge in [0.05, 0.1) is 13.0 Å². The molecule has 0 bridgehead atoms. The molecule has 1 rings (SSSR count). The number of amides is 2. The van der Waals surface area contributed by atoms with Crippen LogP contribution >= 0.6 is 0 Å². The summed E-state index contributed by atoms with van der Waals surface area (Å²) in [5, 5.41) is 0. The molecule has 0 saturated heterocycles. The number of rotatable bonds is 6. The molecule has 122 valence electrons. The van der Waals surface area contributed by atoms with Gasteiger partial charge in [-0.1, -0.05) is 30.3 Å². The molecular formula is C15H18F3NO3. The van der Waals surface area contributed by atoms with Crippen molar-refractivity contribution in [3.05, 3.63) is 35.9 Å². The summed E-state index contributed by atoms with van der Waals surface area (Å²) < 4.78 is 41.3. The Morgan fingerprint density at radius 3 is 2.36 bits per heavy atom. The Bertz CT molecular complexity index is 489. The number of carbonyl (C=O) groups excluding carboxylic acids is 2. The van der Waals surface area contributed by atoms with Crippen LogP contribution in [0.2, 0.25) is 0 Å². The summed E-state index contributed by atoms with van der Waals surface area (Å²) in [5.74, 6) is -0.883. The highest BCUT2D eigenvalue weighted by Crippen LogP contribution is 2.22. The maximum Gasteiger partial charge on any atom is 0.416 e. The largest absolute Gasteiger partial charge is 0.449 e. The zero-order chi connectivity index (χ0) is 16.6. The van der Waals surface area contributed by atoms with Gasteiger partial charge in [-0.25, -0.2) is 9.69 Å². The first-order valence-electron chi connectivity index (χ1n) is 6.91. The molecular weight excluding hydrogens is 299 g/mol. The van der Waals surface area contributed by atoms with Gasteiger partial charge in [0.25, 0.3) is 0 Å². The highest BCUT2D eigenvalue weighted by molar-refractivity contribution is 5.91. The molecule has 0 aliphatic carbocycles. The molecule has 0 aliphatic rings. The second-order valence-electron chi connectivity index (χ2n) is 4.60. The summed E-state index contributed by atoms with van der Waals surface area (Å²) in [6.45, 7) is 1.60. The number of hydrogen-bond donors (Lipinski definition) is 0. The van der Waals surface area contributed by atoms with Gasteiger partial charge >= 0.3 is 12.3 Å². The lowest BCUT2D eigenvalue weighted by Crippen LogP contribution is -2.39. The number of imide groups is 1. The van der Waals surface area contributed by atoms with E-state index in [1.165, 1.54) is 0 Å². The van der Waals surface area contributed by atoms with Crippen molar-refractivity contribution in [2.45, 2.75) is 32.4 Å². The zero-order valence-electron chi connectivity index (χ0n) is 12.2. The third kappa shape index (κ3) is 6.60. The van der Waals surface area contributed by atoms with E-state index in [1.807, 2.05) is 18.2 Å². The standard InChI is InChI=1S/C15H18F3NO3/c1-2-22-14(21)19(13(20)8-10-15(16,17)18)11-9-12-6-4-3-5-7-12/h3-7H,2,8-11H2,1H3. The number of carbonyl (C=O) groups is 2. The van der Waals surface area contributed by atoms with Crippen LogP contribution in [-0.4, -0.2) is 36.2 Å². The van der Waals surface area contributed by atoms with Crippen LogP contribution in [0.15, 0.2) is 30.3 Å². The minimum atomic E-state index is -4.44. The van der Waals surface area contributed by atoms with Crippen molar-refractivity contribution in [3.63, 3.8) is 0 Å².